The Hall–Kier alpha value is -1.10. The SMILES string of the molecule is NCc1ccc(OCCOCC2CCCO2)cc1. The summed E-state index contributed by atoms with van der Waals surface area (Å²) in [6.07, 6.45) is 2.55. The quantitative estimate of drug-likeness (QED) is 0.750. The molecule has 2 rings (SSSR count). The van der Waals surface area contributed by atoms with E-state index in [-0.39, 0.29) is 6.10 Å². The van der Waals surface area contributed by atoms with Crippen LogP contribution >= 0.6 is 0 Å². The van der Waals surface area contributed by atoms with Crippen LogP contribution in [-0.2, 0) is 16.0 Å². The highest BCUT2D eigenvalue weighted by molar-refractivity contribution is 5.26. The molecule has 0 aromatic heterocycles. The minimum Gasteiger partial charge on any atom is -0.491 e. The van der Waals surface area contributed by atoms with Crippen LogP contribution in [0.5, 0.6) is 5.75 Å². The summed E-state index contributed by atoms with van der Waals surface area (Å²) < 4.78 is 16.5. The highest BCUT2D eigenvalue weighted by atomic mass is 16.5. The van der Waals surface area contributed by atoms with Crippen LogP contribution in [0.2, 0.25) is 0 Å². The fourth-order valence-electron chi connectivity index (χ4n) is 1.93. The first-order valence-corrected chi connectivity index (χ1v) is 6.49. The fraction of sp³-hybridized carbons (Fsp3) is 0.571. The molecule has 0 spiro atoms. The zero-order valence-corrected chi connectivity index (χ0v) is 10.6. The van der Waals surface area contributed by atoms with Crippen molar-refractivity contribution in [2.45, 2.75) is 25.5 Å². The molecule has 1 fully saturated rings. The first kappa shape index (κ1) is 13.3. The molecule has 1 saturated heterocycles. The Morgan fingerprint density at radius 3 is 2.72 bits per heavy atom. The molecule has 0 amide bonds. The van der Waals surface area contributed by atoms with E-state index < -0.39 is 0 Å². The normalized spacial score (nSPS) is 19.1. The molecule has 0 saturated carbocycles. The van der Waals surface area contributed by atoms with Gasteiger partial charge in [-0.05, 0) is 30.5 Å². The summed E-state index contributed by atoms with van der Waals surface area (Å²) in [6.45, 7) is 3.27. The summed E-state index contributed by atoms with van der Waals surface area (Å²) in [4.78, 5) is 0. The van der Waals surface area contributed by atoms with E-state index in [2.05, 4.69) is 0 Å². The molecule has 4 nitrogen and oxygen atoms in total. The highest BCUT2D eigenvalue weighted by Crippen LogP contribution is 2.13. The maximum absolute atomic E-state index is 5.56. The van der Waals surface area contributed by atoms with Crippen LogP contribution in [0.25, 0.3) is 0 Å². The third kappa shape index (κ3) is 4.29. The van der Waals surface area contributed by atoms with Crippen LogP contribution in [0.15, 0.2) is 24.3 Å². The van der Waals surface area contributed by atoms with Gasteiger partial charge >= 0.3 is 0 Å². The Labute approximate surface area is 108 Å². The number of hydrogen-bond acceptors (Lipinski definition) is 4. The predicted molar refractivity (Wildman–Crippen MR) is 69.6 cm³/mol. The van der Waals surface area contributed by atoms with Gasteiger partial charge < -0.3 is 19.9 Å². The molecule has 1 unspecified atom stereocenters. The summed E-state index contributed by atoms with van der Waals surface area (Å²) in [5.74, 6) is 0.855. The molecule has 0 aliphatic carbocycles. The molecule has 4 heteroatoms. The van der Waals surface area contributed by atoms with Gasteiger partial charge in [-0.25, -0.2) is 0 Å². The zero-order chi connectivity index (χ0) is 12.6. The van der Waals surface area contributed by atoms with Crippen LogP contribution in [0.4, 0.5) is 0 Å². The van der Waals surface area contributed by atoms with E-state index in [0.717, 1.165) is 30.8 Å². The van der Waals surface area contributed by atoms with Gasteiger partial charge in [0.25, 0.3) is 0 Å². The molecule has 1 aromatic rings. The lowest BCUT2D eigenvalue weighted by atomic mass is 10.2. The molecular formula is C14H21NO3. The number of benzene rings is 1. The maximum atomic E-state index is 5.56. The maximum Gasteiger partial charge on any atom is 0.119 e. The van der Waals surface area contributed by atoms with Gasteiger partial charge in [0.1, 0.15) is 12.4 Å². The van der Waals surface area contributed by atoms with Gasteiger partial charge in [0, 0.05) is 13.2 Å². The summed E-state index contributed by atoms with van der Waals surface area (Å²) in [6, 6.07) is 7.82. The van der Waals surface area contributed by atoms with Crippen molar-refractivity contribution >= 4 is 0 Å². The molecule has 1 heterocycles. The second-order valence-electron chi connectivity index (χ2n) is 4.41. The average molecular weight is 251 g/mol. The number of hydrogen-bond donors (Lipinski definition) is 1. The van der Waals surface area contributed by atoms with E-state index in [1.54, 1.807) is 0 Å². The van der Waals surface area contributed by atoms with Gasteiger partial charge in [0.15, 0.2) is 0 Å². The van der Waals surface area contributed by atoms with E-state index in [1.165, 1.54) is 0 Å². The van der Waals surface area contributed by atoms with E-state index in [4.69, 9.17) is 19.9 Å². The summed E-state index contributed by atoms with van der Waals surface area (Å²) in [5.41, 5.74) is 6.63. The van der Waals surface area contributed by atoms with Crippen molar-refractivity contribution in [2.75, 3.05) is 26.4 Å². The van der Waals surface area contributed by atoms with Crippen molar-refractivity contribution in [1.29, 1.82) is 0 Å². The third-order valence-corrected chi connectivity index (χ3v) is 2.98. The minimum absolute atomic E-state index is 0.286. The Balaban J connectivity index is 1.56. The molecule has 0 bridgehead atoms. The first-order chi connectivity index (χ1) is 8.88. The summed E-state index contributed by atoms with van der Waals surface area (Å²) >= 11 is 0. The van der Waals surface area contributed by atoms with Crippen molar-refractivity contribution in [2.24, 2.45) is 5.73 Å². The van der Waals surface area contributed by atoms with Crippen molar-refractivity contribution in [3.8, 4) is 5.75 Å². The van der Waals surface area contributed by atoms with Gasteiger partial charge in [-0.3, -0.25) is 0 Å². The zero-order valence-electron chi connectivity index (χ0n) is 10.6. The van der Waals surface area contributed by atoms with Crippen LogP contribution in [-0.4, -0.2) is 32.5 Å². The second kappa shape index (κ2) is 7.36. The van der Waals surface area contributed by atoms with Crippen molar-refractivity contribution in [3.63, 3.8) is 0 Å². The fourth-order valence-corrected chi connectivity index (χ4v) is 1.93. The van der Waals surface area contributed by atoms with Gasteiger partial charge in [-0.2, -0.15) is 0 Å². The number of rotatable bonds is 7. The third-order valence-electron chi connectivity index (χ3n) is 2.98. The second-order valence-corrected chi connectivity index (χ2v) is 4.41. The molecule has 1 aliphatic rings. The topological polar surface area (TPSA) is 53.7 Å². The smallest absolute Gasteiger partial charge is 0.119 e. The van der Waals surface area contributed by atoms with Crippen LogP contribution in [0.1, 0.15) is 18.4 Å². The van der Waals surface area contributed by atoms with Crippen molar-refractivity contribution in [3.05, 3.63) is 29.8 Å². The van der Waals surface area contributed by atoms with Gasteiger partial charge in [0.2, 0.25) is 0 Å². The lowest BCUT2D eigenvalue weighted by Gasteiger charge is -2.11. The van der Waals surface area contributed by atoms with E-state index in [9.17, 15) is 0 Å². The Bertz CT molecular complexity index is 333. The van der Waals surface area contributed by atoms with Gasteiger partial charge in [-0.15, -0.1) is 0 Å². The van der Waals surface area contributed by atoms with Crippen molar-refractivity contribution in [1.82, 2.24) is 0 Å². The Kier molecular flexibility index (Phi) is 5.45. The van der Waals surface area contributed by atoms with Crippen LogP contribution in [0, 0.1) is 0 Å². The summed E-state index contributed by atoms with van der Waals surface area (Å²) in [7, 11) is 0. The monoisotopic (exact) mass is 251 g/mol. The Morgan fingerprint density at radius 2 is 2.06 bits per heavy atom. The largest absolute Gasteiger partial charge is 0.491 e. The van der Waals surface area contributed by atoms with Gasteiger partial charge in [-0.1, -0.05) is 12.1 Å². The molecule has 18 heavy (non-hydrogen) atoms. The van der Waals surface area contributed by atoms with Crippen LogP contribution in [0.3, 0.4) is 0 Å². The Morgan fingerprint density at radius 1 is 1.22 bits per heavy atom. The molecule has 1 atom stereocenters. The van der Waals surface area contributed by atoms with Crippen LogP contribution < -0.4 is 10.5 Å². The molecule has 1 aliphatic heterocycles. The highest BCUT2D eigenvalue weighted by Gasteiger charge is 2.14. The van der Waals surface area contributed by atoms with E-state index in [0.29, 0.717) is 26.4 Å². The predicted octanol–water partition coefficient (Wildman–Crippen LogP) is 1.72. The van der Waals surface area contributed by atoms with E-state index in [1.807, 2.05) is 24.3 Å². The van der Waals surface area contributed by atoms with Gasteiger partial charge in [0.05, 0.1) is 19.3 Å². The standard InChI is InChI=1S/C14H21NO3/c15-10-12-3-5-13(6-4-12)18-9-8-16-11-14-2-1-7-17-14/h3-6,14H,1-2,7-11,15H2. The van der Waals surface area contributed by atoms with E-state index >= 15 is 0 Å². The number of nitrogens with two attached hydrogens (primary N) is 1. The lowest BCUT2D eigenvalue weighted by Crippen LogP contribution is -2.17. The summed E-state index contributed by atoms with van der Waals surface area (Å²) in [5, 5.41) is 0. The lowest BCUT2D eigenvalue weighted by molar-refractivity contribution is 0.00853. The molecule has 1 aromatic carbocycles. The molecule has 2 N–H and O–H groups in total. The molecule has 0 radical (unpaired) electrons. The first-order valence-electron chi connectivity index (χ1n) is 6.49. The minimum atomic E-state index is 0.286. The van der Waals surface area contributed by atoms with Crippen molar-refractivity contribution < 1.29 is 14.2 Å². The molecule has 100 valence electrons. The molecular weight excluding hydrogens is 230 g/mol. The average Bonchev–Trinajstić information content (AvgIpc) is 2.92. The number of ether oxygens (including phenoxy) is 3.